The van der Waals surface area contributed by atoms with E-state index in [0.29, 0.717) is 12.2 Å². The van der Waals surface area contributed by atoms with Gasteiger partial charge in [0.2, 0.25) is 5.91 Å². The zero-order valence-corrected chi connectivity index (χ0v) is 14.8. The van der Waals surface area contributed by atoms with E-state index in [2.05, 4.69) is 34.7 Å². The van der Waals surface area contributed by atoms with Gasteiger partial charge in [-0.15, -0.1) is 0 Å². The molecule has 1 amide bonds. The molecular formula is C17H23N3O3S. The highest BCUT2D eigenvalue weighted by atomic mass is 32.2. The van der Waals surface area contributed by atoms with Crippen LogP contribution in [0.3, 0.4) is 0 Å². The van der Waals surface area contributed by atoms with Crippen molar-refractivity contribution in [2.75, 3.05) is 17.3 Å². The predicted molar refractivity (Wildman–Crippen MR) is 94.7 cm³/mol. The number of amides is 1. The zero-order chi connectivity index (χ0) is 17.6. The Hall–Kier alpha value is -2.15. The Morgan fingerprint density at radius 3 is 2.58 bits per heavy atom. The van der Waals surface area contributed by atoms with E-state index in [-0.39, 0.29) is 18.2 Å². The second kappa shape index (κ2) is 8.10. The largest absolute Gasteiger partial charge is 0.309 e. The number of rotatable bonds is 8. The van der Waals surface area contributed by atoms with E-state index in [9.17, 15) is 13.2 Å². The van der Waals surface area contributed by atoms with Gasteiger partial charge in [-0.2, -0.15) is 5.10 Å². The Bertz CT molecular complexity index is 780. The number of hydrogen-bond acceptors (Lipinski definition) is 4. The number of anilines is 1. The molecule has 0 saturated carbocycles. The molecule has 2 rings (SSSR count). The van der Waals surface area contributed by atoms with Crippen molar-refractivity contribution < 1.29 is 13.2 Å². The van der Waals surface area contributed by atoms with E-state index in [1.807, 2.05) is 6.92 Å². The van der Waals surface area contributed by atoms with Gasteiger partial charge in [-0.05, 0) is 25.3 Å². The smallest absolute Gasteiger partial charge is 0.225 e. The molecule has 0 aliphatic carbocycles. The lowest BCUT2D eigenvalue weighted by Crippen LogP contribution is -2.14. The van der Waals surface area contributed by atoms with Crippen LogP contribution in [0.15, 0.2) is 36.5 Å². The number of carbonyl (C=O) groups is 1. The van der Waals surface area contributed by atoms with E-state index in [4.69, 9.17) is 0 Å². The topological polar surface area (TPSA) is 81.1 Å². The quantitative estimate of drug-likeness (QED) is 0.792. The molecule has 6 nitrogen and oxygen atoms in total. The highest BCUT2D eigenvalue weighted by molar-refractivity contribution is 7.90. The first kappa shape index (κ1) is 18.2. The fraction of sp³-hybridized carbons (Fsp3) is 0.412. The van der Waals surface area contributed by atoms with Gasteiger partial charge in [0.1, 0.15) is 9.84 Å². The lowest BCUT2D eigenvalue weighted by atomic mass is 10.1. The molecule has 130 valence electrons. The van der Waals surface area contributed by atoms with E-state index in [0.717, 1.165) is 12.8 Å². The van der Waals surface area contributed by atoms with Crippen LogP contribution in [0.2, 0.25) is 0 Å². The lowest BCUT2D eigenvalue weighted by molar-refractivity contribution is -0.116. The van der Waals surface area contributed by atoms with Crippen LogP contribution in [-0.4, -0.2) is 36.1 Å². The van der Waals surface area contributed by atoms with Gasteiger partial charge in [0, 0.05) is 24.9 Å². The fourth-order valence-corrected chi connectivity index (χ4v) is 2.74. The summed E-state index contributed by atoms with van der Waals surface area (Å²) in [5, 5.41) is 6.88. The molecule has 1 N–H and O–H groups in total. The molecule has 0 aliphatic heterocycles. The minimum absolute atomic E-state index is 0.0264. The Kier molecular flexibility index (Phi) is 6.14. The standard InChI is InChI=1S/C17H23N3O3S/c1-14-6-8-15(9-7-14)4-3-5-17(21)18-16-10-11-20(19-16)12-13-24(2,22)23/h6-11H,3-5,12-13H2,1-2H3,(H,18,19,21). The van der Waals surface area contributed by atoms with Crippen LogP contribution >= 0.6 is 0 Å². The Balaban J connectivity index is 1.74. The molecule has 2 aromatic rings. The number of aromatic nitrogens is 2. The molecule has 0 radical (unpaired) electrons. The van der Waals surface area contributed by atoms with Crippen molar-refractivity contribution in [2.24, 2.45) is 0 Å². The van der Waals surface area contributed by atoms with Gasteiger partial charge in [0.25, 0.3) is 0 Å². The normalized spacial score (nSPS) is 11.4. The van der Waals surface area contributed by atoms with Gasteiger partial charge >= 0.3 is 0 Å². The summed E-state index contributed by atoms with van der Waals surface area (Å²) in [6.07, 6.45) is 4.89. The molecule has 0 fully saturated rings. The predicted octanol–water partition coefficient (Wildman–Crippen LogP) is 2.20. The summed E-state index contributed by atoms with van der Waals surface area (Å²) >= 11 is 0. The highest BCUT2D eigenvalue weighted by Crippen LogP contribution is 2.09. The summed E-state index contributed by atoms with van der Waals surface area (Å²) in [6.45, 7) is 2.33. The van der Waals surface area contributed by atoms with Gasteiger partial charge in [-0.3, -0.25) is 9.48 Å². The zero-order valence-electron chi connectivity index (χ0n) is 14.0. The molecular weight excluding hydrogens is 326 g/mol. The van der Waals surface area contributed by atoms with Crippen LogP contribution in [0.4, 0.5) is 5.82 Å². The summed E-state index contributed by atoms with van der Waals surface area (Å²) in [4.78, 5) is 11.9. The van der Waals surface area contributed by atoms with Crippen molar-refractivity contribution in [3.8, 4) is 0 Å². The van der Waals surface area contributed by atoms with Gasteiger partial charge in [0.15, 0.2) is 5.82 Å². The minimum Gasteiger partial charge on any atom is -0.309 e. The molecule has 0 aliphatic rings. The second-order valence-electron chi connectivity index (χ2n) is 5.98. The minimum atomic E-state index is -3.03. The summed E-state index contributed by atoms with van der Waals surface area (Å²) in [5.74, 6) is 0.387. The average molecular weight is 349 g/mol. The molecule has 0 unspecified atom stereocenters. The molecule has 0 saturated heterocycles. The van der Waals surface area contributed by atoms with E-state index in [1.165, 1.54) is 22.1 Å². The van der Waals surface area contributed by atoms with Crippen LogP contribution in [0.1, 0.15) is 24.0 Å². The number of aryl methyl sites for hydroxylation is 3. The third-order valence-corrected chi connectivity index (χ3v) is 4.51. The van der Waals surface area contributed by atoms with Crippen LogP contribution < -0.4 is 5.32 Å². The maximum atomic E-state index is 11.9. The van der Waals surface area contributed by atoms with Crippen molar-refractivity contribution in [3.63, 3.8) is 0 Å². The van der Waals surface area contributed by atoms with E-state index < -0.39 is 9.84 Å². The Morgan fingerprint density at radius 1 is 1.21 bits per heavy atom. The fourth-order valence-electron chi connectivity index (χ4n) is 2.23. The molecule has 0 bridgehead atoms. The number of hydrogen-bond donors (Lipinski definition) is 1. The van der Waals surface area contributed by atoms with Gasteiger partial charge in [0.05, 0.1) is 12.3 Å². The first-order valence-corrected chi connectivity index (χ1v) is 9.94. The van der Waals surface area contributed by atoms with E-state index >= 15 is 0 Å². The maximum Gasteiger partial charge on any atom is 0.225 e. The maximum absolute atomic E-state index is 11.9. The van der Waals surface area contributed by atoms with Crippen LogP contribution in [0.5, 0.6) is 0 Å². The summed E-state index contributed by atoms with van der Waals surface area (Å²) in [7, 11) is -3.03. The number of carbonyl (C=O) groups excluding carboxylic acids is 1. The lowest BCUT2D eigenvalue weighted by Gasteiger charge is -2.04. The van der Waals surface area contributed by atoms with Crippen molar-refractivity contribution in [3.05, 3.63) is 47.7 Å². The van der Waals surface area contributed by atoms with Crippen LogP contribution in [-0.2, 0) is 27.6 Å². The van der Waals surface area contributed by atoms with Crippen molar-refractivity contribution in [1.29, 1.82) is 0 Å². The molecule has 1 heterocycles. The molecule has 1 aromatic carbocycles. The molecule has 0 spiro atoms. The average Bonchev–Trinajstić information content (AvgIpc) is 2.94. The van der Waals surface area contributed by atoms with Gasteiger partial charge in [-0.25, -0.2) is 8.42 Å². The van der Waals surface area contributed by atoms with Crippen LogP contribution in [0.25, 0.3) is 0 Å². The number of sulfone groups is 1. The summed E-state index contributed by atoms with van der Waals surface area (Å²) in [5.41, 5.74) is 2.45. The first-order chi connectivity index (χ1) is 11.3. The number of benzene rings is 1. The molecule has 7 heteroatoms. The van der Waals surface area contributed by atoms with Crippen molar-refractivity contribution >= 4 is 21.6 Å². The highest BCUT2D eigenvalue weighted by Gasteiger charge is 2.07. The second-order valence-corrected chi connectivity index (χ2v) is 8.24. The SMILES string of the molecule is Cc1ccc(CCCC(=O)Nc2ccn(CCS(C)(=O)=O)n2)cc1. The van der Waals surface area contributed by atoms with Crippen molar-refractivity contribution in [1.82, 2.24) is 9.78 Å². The third kappa shape index (κ3) is 6.54. The molecule has 1 aromatic heterocycles. The Morgan fingerprint density at radius 2 is 1.92 bits per heavy atom. The Labute approximate surface area is 142 Å². The molecule has 24 heavy (non-hydrogen) atoms. The number of nitrogens with zero attached hydrogens (tertiary/aromatic N) is 2. The first-order valence-electron chi connectivity index (χ1n) is 7.88. The van der Waals surface area contributed by atoms with Crippen LogP contribution in [0, 0.1) is 6.92 Å². The summed E-state index contributed by atoms with van der Waals surface area (Å²) < 4.78 is 23.8. The van der Waals surface area contributed by atoms with Gasteiger partial charge < -0.3 is 5.32 Å². The summed E-state index contributed by atoms with van der Waals surface area (Å²) in [6, 6.07) is 9.96. The monoisotopic (exact) mass is 349 g/mol. The third-order valence-electron chi connectivity index (χ3n) is 3.59. The molecule has 0 atom stereocenters. The number of nitrogens with one attached hydrogen (secondary N) is 1. The van der Waals surface area contributed by atoms with Crippen molar-refractivity contribution in [2.45, 2.75) is 32.7 Å². The van der Waals surface area contributed by atoms with Gasteiger partial charge in [-0.1, -0.05) is 29.8 Å². The van der Waals surface area contributed by atoms with E-state index in [1.54, 1.807) is 12.3 Å².